The van der Waals surface area contributed by atoms with Crippen LogP contribution in [-0.4, -0.2) is 12.1 Å². The highest BCUT2D eigenvalue weighted by molar-refractivity contribution is 6.02. The number of nitrogens with zero attached hydrogens (tertiary/aromatic N) is 1. The van der Waals surface area contributed by atoms with Gasteiger partial charge in [-0.1, -0.05) is 30.3 Å². The van der Waals surface area contributed by atoms with E-state index < -0.39 is 5.82 Å². The summed E-state index contributed by atoms with van der Waals surface area (Å²) in [5.41, 5.74) is 0.954. The van der Waals surface area contributed by atoms with Gasteiger partial charge >= 0.3 is 6.03 Å². The molecule has 2 amide bonds. The molecule has 0 aliphatic rings. The van der Waals surface area contributed by atoms with Gasteiger partial charge in [0, 0.05) is 11.7 Å². The fourth-order valence-corrected chi connectivity index (χ4v) is 1.98. The van der Waals surface area contributed by atoms with Gasteiger partial charge in [-0.2, -0.15) is 0 Å². The molecule has 3 nitrogen and oxygen atoms in total. The smallest absolute Gasteiger partial charge is 0.305 e. The second kappa shape index (κ2) is 6.19. The Kier molecular flexibility index (Phi) is 4.35. The largest absolute Gasteiger partial charge is 0.326 e. The van der Waals surface area contributed by atoms with Crippen molar-refractivity contribution in [3.05, 3.63) is 60.4 Å². The van der Waals surface area contributed by atoms with E-state index in [4.69, 9.17) is 0 Å². The van der Waals surface area contributed by atoms with Gasteiger partial charge in [-0.15, -0.1) is 0 Å². The molecule has 0 unspecified atom stereocenters. The van der Waals surface area contributed by atoms with Crippen LogP contribution in [0.4, 0.5) is 20.6 Å². The van der Waals surface area contributed by atoms with Crippen molar-refractivity contribution in [2.45, 2.75) is 19.9 Å². The summed E-state index contributed by atoms with van der Waals surface area (Å²) in [5, 5.41) is 2.60. The maximum Gasteiger partial charge on any atom is 0.326 e. The molecule has 2 aromatic rings. The standard InChI is InChI=1S/C16H17FN2O/c1-12(2)19(13-8-4-3-5-9-13)16(20)18-15-11-7-6-10-14(15)17/h3-12H,1-2H3,(H,18,20). The quantitative estimate of drug-likeness (QED) is 0.889. The lowest BCUT2D eigenvalue weighted by Crippen LogP contribution is -2.40. The molecule has 0 aliphatic carbocycles. The number of rotatable bonds is 3. The number of carbonyl (C=O) groups is 1. The van der Waals surface area contributed by atoms with E-state index in [9.17, 15) is 9.18 Å². The first-order valence-corrected chi connectivity index (χ1v) is 6.49. The number of amides is 2. The van der Waals surface area contributed by atoms with Crippen molar-refractivity contribution in [1.29, 1.82) is 0 Å². The fraction of sp³-hybridized carbons (Fsp3) is 0.188. The van der Waals surface area contributed by atoms with Crippen molar-refractivity contribution in [3.63, 3.8) is 0 Å². The summed E-state index contributed by atoms with van der Waals surface area (Å²) in [6.07, 6.45) is 0. The third-order valence-electron chi connectivity index (χ3n) is 2.89. The van der Waals surface area contributed by atoms with E-state index in [2.05, 4.69) is 5.32 Å². The molecule has 4 heteroatoms. The predicted molar refractivity (Wildman–Crippen MR) is 79.5 cm³/mol. The number of urea groups is 1. The van der Waals surface area contributed by atoms with Gasteiger partial charge in [-0.3, -0.25) is 4.90 Å². The number of hydrogen-bond donors (Lipinski definition) is 1. The van der Waals surface area contributed by atoms with Crippen LogP contribution in [0.2, 0.25) is 0 Å². The van der Waals surface area contributed by atoms with E-state index in [-0.39, 0.29) is 17.8 Å². The van der Waals surface area contributed by atoms with E-state index in [0.29, 0.717) is 0 Å². The minimum atomic E-state index is -0.447. The zero-order valence-electron chi connectivity index (χ0n) is 11.5. The number of benzene rings is 2. The molecule has 0 heterocycles. The van der Waals surface area contributed by atoms with E-state index >= 15 is 0 Å². The summed E-state index contributed by atoms with van der Waals surface area (Å²) in [5.74, 6) is -0.447. The SMILES string of the molecule is CC(C)N(C(=O)Nc1ccccc1F)c1ccccc1. The van der Waals surface area contributed by atoms with E-state index in [1.807, 2.05) is 44.2 Å². The van der Waals surface area contributed by atoms with Crippen LogP contribution in [0.15, 0.2) is 54.6 Å². The average Bonchev–Trinajstić information content (AvgIpc) is 2.42. The Bertz CT molecular complexity index is 584. The zero-order valence-corrected chi connectivity index (χ0v) is 11.5. The van der Waals surface area contributed by atoms with Crippen molar-refractivity contribution in [2.24, 2.45) is 0 Å². The van der Waals surface area contributed by atoms with Crippen LogP contribution in [-0.2, 0) is 0 Å². The topological polar surface area (TPSA) is 32.3 Å². The van der Waals surface area contributed by atoms with Crippen molar-refractivity contribution in [2.75, 3.05) is 10.2 Å². The predicted octanol–water partition coefficient (Wildman–Crippen LogP) is 4.27. The molecular weight excluding hydrogens is 255 g/mol. The molecule has 104 valence electrons. The summed E-state index contributed by atoms with van der Waals surface area (Å²) in [6.45, 7) is 3.82. The summed E-state index contributed by atoms with van der Waals surface area (Å²) in [7, 11) is 0. The van der Waals surface area contributed by atoms with Crippen LogP contribution in [0.25, 0.3) is 0 Å². The normalized spacial score (nSPS) is 10.4. The van der Waals surface area contributed by atoms with Crippen LogP contribution < -0.4 is 10.2 Å². The minimum absolute atomic E-state index is 0.0378. The highest BCUT2D eigenvalue weighted by Gasteiger charge is 2.19. The van der Waals surface area contributed by atoms with Crippen molar-refractivity contribution in [3.8, 4) is 0 Å². The second-order valence-electron chi connectivity index (χ2n) is 4.71. The van der Waals surface area contributed by atoms with Gasteiger partial charge in [0.25, 0.3) is 0 Å². The van der Waals surface area contributed by atoms with Gasteiger partial charge in [0.05, 0.1) is 5.69 Å². The lowest BCUT2D eigenvalue weighted by atomic mass is 10.2. The Balaban J connectivity index is 2.23. The molecule has 0 fully saturated rings. The number of para-hydroxylation sites is 2. The van der Waals surface area contributed by atoms with E-state index in [1.165, 1.54) is 12.1 Å². The molecule has 0 aromatic heterocycles. The van der Waals surface area contributed by atoms with E-state index in [1.54, 1.807) is 17.0 Å². The van der Waals surface area contributed by atoms with Gasteiger partial charge in [0.2, 0.25) is 0 Å². The third kappa shape index (κ3) is 3.15. The van der Waals surface area contributed by atoms with Crippen LogP contribution >= 0.6 is 0 Å². The lowest BCUT2D eigenvalue weighted by molar-refractivity contribution is 0.255. The molecular formula is C16H17FN2O. The molecule has 1 N–H and O–H groups in total. The van der Waals surface area contributed by atoms with Gasteiger partial charge in [-0.25, -0.2) is 9.18 Å². The number of hydrogen-bond acceptors (Lipinski definition) is 1. The van der Waals surface area contributed by atoms with Gasteiger partial charge in [0.1, 0.15) is 5.82 Å². The summed E-state index contributed by atoms with van der Waals surface area (Å²) in [6, 6.07) is 15.0. The van der Waals surface area contributed by atoms with E-state index in [0.717, 1.165) is 5.69 Å². The monoisotopic (exact) mass is 272 g/mol. The Labute approximate surface area is 118 Å². The number of halogens is 1. The lowest BCUT2D eigenvalue weighted by Gasteiger charge is -2.27. The van der Waals surface area contributed by atoms with Crippen molar-refractivity contribution in [1.82, 2.24) is 0 Å². The first-order chi connectivity index (χ1) is 9.59. The number of carbonyl (C=O) groups excluding carboxylic acids is 1. The molecule has 0 bridgehead atoms. The first-order valence-electron chi connectivity index (χ1n) is 6.49. The molecule has 2 aromatic carbocycles. The number of anilines is 2. The van der Waals surface area contributed by atoms with Crippen LogP contribution in [0.3, 0.4) is 0 Å². The van der Waals surface area contributed by atoms with Gasteiger partial charge in [-0.05, 0) is 38.1 Å². The summed E-state index contributed by atoms with van der Waals surface area (Å²) < 4.78 is 13.6. The molecule has 0 spiro atoms. The van der Waals surface area contributed by atoms with Gasteiger partial charge in [0.15, 0.2) is 0 Å². The maximum absolute atomic E-state index is 13.6. The Morgan fingerprint density at radius 3 is 2.25 bits per heavy atom. The van der Waals surface area contributed by atoms with Crippen LogP contribution in [0.1, 0.15) is 13.8 Å². The molecule has 0 atom stereocenters. The van der Waals surface area contributed by atoms with Crippen molar-refractivity contribution < 1.29 is 9.18 Å². The highest BCUT2D eigenvalue weighted by atomic mass is 19.1. The molecule has 0 radical (unpaired) electrons. The molecule has 0 aliphatic heterocycles. The highest BCUT2D eigenvalue weighted by Crippen LogP contribution is 2.19. The maximum atomic E-state index is 13.6. The summed E-state index contributed by atoms with van der Waals surface area (Å²) in [4.78, 5) is 13.9. The zero-order chi connectivity index (χ0) is 14.5. The number of nitrogens with one attached hydrogen (secondary N) is 1. The molecule has 2 rings (SSSR count). The Hall–Kier alpha value is -2.36. The van der Waals surface area contributed by atoms with Crippen molar-refractivity contribution >= 4 is 17.4 Å². The first kappa shape index (κ1) is 14.1. The Morgan fingerprint density at radius 2 is 1.65 bits per heavy atom. The van der Waals surface area contributed by atoms with Gasteiger partial charge < -0.3 is 5.32 Å². The Morgan fingerprint density at radius 1 is 1.05 bits per heavy atom. The summed E-state index contributed by atoms with van der Waals surface area (Å²) >= 11 is 0. The minimum Gasteiger partial charge on any atom is -0.305 e. The van der Waals surface area contributed by atoms with Crippen LogP contribution in [0, 0.1) is 5.82 Å². The third-order valence-corrected chi connectivity index (χ3v) is 2.89. The second-order valence-corrected chi connectivity index (χ2v) is 4.71. The molecule has 0 saturated heterocycles. The fourth-order valence-electron chi connectivity index (χ4n) is 1.98. The van der Waals surface area contributed by atoms with Crippen LogP contribution in [0.5, 0.6) is 0 Å². The molecule has 20 heavy (non-hydrogen) atoms. The average molecular weight is 272 g/mol. The molecule has 0 saturated carbocycles.